The Hall–Kier alpha value is -2.80. The Bertz CT molecular complexity index is 1250. The molecule has 4 aromatic heterocycles. The standard InChI is InChI=1S/C19H17F3N8S2/c1-2-4-11-9-12-14(25-18(26-15(12)31-11)32-17-23-5-3-6-24-17)29-7-8-30-13(10-29)27-28-16(30)19(20,21)22/h3,5-6,9H,2,4,7-8,10H2,1H3. The largest absolute Gasteiger partial charge is 0.451 e. The van der Waals surface area contributed by atoms with Gasteiger partial charge >= 0.3 is 6.18 Å². The fraction of sp³-hybridized carbons (Fsp3) is 0.368. The minimum atomic E-state index is -4.53. The second-order valence-electron chi connectivity index (χ2n) is 7.16. The van der Waals surface area contributed by atoms with Gasteiger partial charge in [-0.2, -0.15) is 13.2 Å². The Morgan fingerprint density at radius 3 is 2.66 bits per heavy atom. The lowest BCUT2D eigenvalue weighted by Gasteiger charge is -2.29. The van der Waals surface area contributed by atoms with Crippen LogP contribution in [0.5, 0.6) is 0 Å². The highest BCUT2D eigenvalue weighted by molar-refractivity contribution is 7.99. The third-order valence-corrected chi connectivity index (χ3v) is 6.78. The van der Waals surface area contributed by atoms with Gasteiger partial charge < -0.3 is 9.47 Å². The molecule has 0 saturated heterocycles. The summed E-state index contributed by atoms with van der Waals surface area (Å²) < 4.78 is 40.7. The van der Waals surface area contributed by atoms with Crippen LogP contribution in [0.2, 0.25) is 0 Å². The molecule has 0 fully saturated rings. The van der Waals surface area contributed by atoms with Gasteiger partial charge in [-0.25, -0.2) is 19.9 Å². The minimum Gasteiger partial charge on any atom is -0.347 e. The zero-order valence-electron chi connectivity index (χ0n) is 16.9. The molecular formula is C19H17F3N8S2. The maximum Gasteiger partial charge on any atom is 0.451 e. The number of hydrogen-bond donors (Lipinski definition) is 0. The molecule has 0 bridgehead atoms. The summed E-state index contributed by atoms with van der Waals surface area (Å²) in [4.78, 5) is 21.8. The van der Waals surface area contributed by atoms with Gasteiger partial charge in [0, 0.05) is 30.4 Å². The van der Waals surface area contributed by atoms with Crippen molar-refractivity contribution in [3.05, 3.63) is 41.1 Å². The molecule has 0 atom stereocenters. The average molecular weight is 479 g/mol. The van der Waals surface area contributed by atoms with E-state index in [1.807, 2.05) is 4.90 Å². The van der Waals surface area contributed by atoms with Crippen LogP contribution in [0.1, 0.15) is 29.9 Å². The van der Waals surface area contributed by atoms with E-state index in [1.54, 1.807) is 29.8 Å². The lowest BCUT2D eigenvalue weighted by molar-refractivity contribution is -0.147. The molecule has 4 aromatic rings. The molecule has 166 valence electrons. The van der Waals surface area contributed by atoms with E-state index in [2.05, 4.69) is 33.2 Å². The predicted octanol–water partition coefficient (Wildman–Crippen LogP) is 4.22. The van der Waals surface area contributed by atoms with Crippen molar-refractivity contribution in [2.75, 3.05) is 11.4 Å². The quantitative estimate of drug-likeness (QED) is 0.394. The van der Waals surface area contributed by atoms with Gasteiger partial charge in [0.05, 0.1) is 11.9 Å². The van der Waals surface area contributed by atoms with Crippen molar-refractivity contribution in [1.82, 2.24) is 34.7 Å². The molecule has 1 aliphatic rings. The van der Waals surface area contributed by atoms with Gasteiger partial charge in [-0.1, -0.05) is 13.3 Å². The van der Waals surface area contributed by atoms with Crippen molar-refractivity contribution < 1.29 is 13.2 Å². The summed E-state index contributed by atoms with van der Waals surface area (Å²) in [6.07, 6.45) is 0.692. The van der Waals surface area contributed by atoms with Crippen LogP contribution < -0.4 is 4.90 Å². The summed E-state index contributed by atoms with van der Waals surface area (Å²) in [6.45, 7) is 2.77. The number of rotatable bonds is 5. The number of aromatic nitrogens is 7. The van der Waals surface area contributed by atoms with Crippen LogP contribution in [0.15, 0.2) is 34.8 Å². The molecule has 0 spiro atoms. The van der Waals surface area contributed by atoms with E-state index in [0.717, 1.165) is 27.6 Å². The number of alkyl halides is 3. The van der Waals surface area contributed by atoms with E-state index < -0.39 is 12.0 Å². The van der Waals surface area contributed by atoms with Crippen LogP contribution in [0.3, 0.4) is 0 Å². The van der Waals surface area contributed by atoms with E-state index in [1.165, 1.54) is 16.6 Å². The van der Waals surface area contributed by atoms with E-state index in [-0.39, 0.29) is 18.9 Å². The summed E-state index contributed by atoms with van der Waals surface area (Å²) >= 11 is 2.85. The second-order valence-corrected chi connectivity index (χ2v) is 9.21. The van der Waals surface area contributed by atoms with Crippen molar-refractivity contribution in [2.45, 2.75) is 49.3 Å². The van der Waals surface area contributed by atoms with E-state index >= 15 is 0 Å². The van der Waals surface area contributed by atoms with Crippen LogP contribution in [-0.4, -0.2) is 41.2 Å². The number of halogens is 3. The third kappa shape index (κ3) is 4.01. The molecule has 8 nitrogen and oxygen atoms in total. The summed E-state index contributed by atoms with van der Waals surface area (Å²) in [6, 6.07) is 3.81. The molecule has 13 heteroatoms. The Kier molecular flexibility index (Phi) is 5.45. The number of aryl methyl sites for hydroxylation is 1. The Morgan fingerprint density at radius 1 is 1.09 bits per heavy atom. The van der Waals surface area contributed by atoms with E-state index in [0.29, 0.717) is 22.7 Å². The maximum absolute atomic E-state index is 13.2. The van der Waals surface area contributed by atoms with Gasteiger partial charge in [-0.3, -0.25) is 0 Å². The molecule has 5 rings (SSSR count). The highest BCUT2D eigenvalue weighted by Gasteiger charge is 2.39. The van der Waals surface area contributed by atoms with E-state index in [9.17, 15) is 13.2 Å². The Labute approximate surface area is 189 Å². The molecule has 0 aromatic carbocycles. The molecule has 32 heavy (non-hydrogen) atoms. The first kappa shape index (κ1) is 21.1. The van der Waals surface area contributed by atoms with Gasteiger partial charge in [-0.05, 0) is 30.3 Å². The number of thiophene rings is 1. The molecule has 1 aliphatic heterocycles. The molecule has 0 saturated carbocycles. The molecule has 0 aliphatic carbocycles. The highest BCUT2D eigenvalue weighted by atomic mass is 32.2. The lowest BCUT2D eigenvalue weighted by atomic mass is 10.2. The smallest absolute Gasteiger partial charge is 0.347 e. The summed E-state index contributed by atoms with van der Waals surface area (Å²) in [5.41, 5.74) is 0. The molecular weight excluding hydrogens is 461 g/mol. The first-order valence-corrected chi connectivity index (χ1v) is 11.5. The van der Waals surface area contributed by atoms with Gasteiger partial charge in [0.15, 0.2) is 16.1 Å². The van der Waals surface area contributed by atoms with Crippen LogP contribution in [0.25, 0.3) is 10.2 Å². The first-order valence-electron chi connectivity index (χ1n) is 9.92. The van der Waals surface area contributed by atoms with Crippen molar-refractivity contribution >= 4 is 39.1 Å². The van der Waals surface area contributed by atoms with Crippen molar-refractivity contribution in [3.8, 4) is 0 Å². The highest BCUT2D eigenvalue weighted by Crippen LogP contribution is 2.36. The van der Waals surface area contributed by atoms with Crippen LogP contribution in [0.4, 0.5) is 19.0 Å². The first-order chi connectivity index (χ1) is 15.4. The van der Waals surface area contributed by atoms with Crippen molar-refractivity contribution in [1.29, 1.82) is 0 Å². The Morgan fingerprint density at radius 2 is 1.91 bits per heavy atom. The molecule has 0 amide bonds. The predicted molar refractivity (Wildman–Crippen MR) is 114 cm³/mol. The minimum absolute atomic E-state index is 0.124. The number of fused-ring (bicyclic) bond motifs is 2. The van der Waals surface area contributed by atoms with Crippen LogP contribution in [-0.2, 0) is 25.7 Å². The summed E-state index contributed by atoms with van der Waals surface area (Å²) in [5, 5.41) is 9.07. The van der Waals surface area contributed by atoms with Crippen LogP contribution >= 0.6 is 23.1 Å². The van der Waals surface area contributed by atoms with Crippen molar-refractivity contribution in [3.63, 3.8) is 0 Å². The average Bonchev–Trinajstić information content (AvgIpc) is 3.37. The van der Waals surface area contributed by atoms with E-state index in [4.69, 9.17) is 9.97 Å². The van der Waals surface area contributed by atoms with Crippen molar-refractivity contribution in [2.24, 2.45) is 0 Å². The normalized spacial score (nSPS) is 14.2. The maximum atomic E-state index is 13.2. The number of anilines is 1. The molecule has 0 N–H and O–H groups in total. The topological polar surface area (TPSA) is 85.5 Å². The van der Waals surface area contributed by atoms with Crippen LogP contribution in [0, 0.1) is 0 Å². The fourth-order valence-corrected chi connectivity index (χ4v) is 5.40. The zero-order valence-corrected chi connectivity index (χ0v) is 18.5. The SMILES string of the molecule is CCCc1cc2c(N3CCn4c(nnc4C(F)(F)F)C3)nc(Sc3ncccn3)nc2s1. The van der Waals surface area contributed by atoms with Gasteiger partial charge in [-0.15, -0.1) is 21.5 Å². The monoisotopic (exact) mass is 478 g/mol. The molecule has 0 unspecified atom stereocenters. The number of nitrogens with zero attached hydrogens (tertiary/aromatic N) is 8. The van der Waals surface area contributed by atoms with Gasteiger partial charge in [0.1, 0.15) is 10.6 Å². The summed E-state index contributed by atoms with van der Waals surface area (Å²) in [7, 11) is 0. The lowest BCUT2D eigenvalue weighted by Crippen LogP contribution is -2.36. The zero-order chi connectivity index (χ0) is 22.3. The number of hydrogen-bond acceptors (Lipinski definition) is 9. The van der Waals surface area contributed by atoms with Gasteiger partial charge in [0.25, 0.3) is 0 Å². The molecule has 0 radical (unpaired) electrons. The third-order valence-electron chi connectivity index (χ3n) is 4.93. The molecule has 5 heterocycles. The fourth-order valence-electron chi connectivity index (χ4n) is 3.56. The second kappa shape index (κ2) is 8.28. The summed E-state index contributed by atoms with van der Waals surface area (Å²) in [5.74, 6) is -0.0204. The van der Waals surface area contributed by atoms with Gasteiger partial charge in [0.2, 0.25) is 5.82 Å². The Balaban J connectivity index is 1.54.